The largest absolute Gasteiger partial charge is 0.625 e. The molecule has 0 saturated carbocycles. The van der Waals surface area contributed by atoms with E-state index in [1.807, 2.05) is 12.1 Å². The highest BCUT2D eigenvalue weighted by Gasteiger charge is 2.66. The molecule has 0 N–H and O–H groups in total. The SMILES string of the molecule is Cc1ccc(OCC2C[N+]34CCO[B-]3(OCC4)O2)cc1. The molecule has 3 aliphatic heterocycles. The van der Waals surface area contributed by atoms with E-state index < -0.39 is 6.89 Å². The molecule has 0 bridgehead atoms. The van der Waals surface area contributed by atoms with Gasteiger partial charge in [0.15, 0.2) is 0 Å². The van der Waals surface area contributed by atoms with Crippen LogP contribution in [-0.2, 0) is 14.0 Å². The smallest absolute Gasteiger partial charge is 0.491 e. The molecule has 3 aliphatic rings. The Morgan fingerprint density at radius 2 is 1.90 bits per heavy atom. The molecule has 0 aliphatic carbocycles. The van der Waals surface area contributed by atoms with Crippen molar-refractivity contribution < 1.29 is 23.1 Å². The molecule has 108 valence electrons. The van der Waals surface area contributed by atoms with Crippen molar-refractivity contribution in [2.24, 2.45) is 0 Å². The number of hydrogen-bond acceptors (Lipinski definition) is 4. The Morgan fingerprint density at radius 1 is 1.20 bits per heavy atom. The van der Waals surface area contributed by atoms with Crippen molar-refractivity contribution in [1.29, 1.82) is 0 Å². The Hall–Kier alpha value is -1.08. The van der Waals surface area contributed by atoms with Gasteiger partial charge in [0, 0.05) is 0 Å². The maximum Gasteiger partial charge on any atom is 0.625 e. The van der Waals surface area contributed by atoms with Gasteiger partial charge in [-0.15, -0.1) is 0 Å². The molecule has 3 heterocycles. The van der Waals surface area contributed by atoms with Crippen LogP contribution in [0, 0.1) is 6.92 Å². The van der Waals surface area contributed by atoms with E-state index in [9.17, 15) is 0 Å². The Bertz CT molecular complexity index is 476. The second-order valence-electron chi connectivity index (χ2n) is 6.08. The van der Waals surface area contributed by atoms with Gasteiger partial charge in [-0.2, -0.15) is 0 Å². The van der Waals surface area contributed by atoms with Gasteiger partial charge >= 0.3 is 6.89 Å². The average molecular weight is 277 g/mol. The first-order valence-electron chi connectivity index (χ1n) is 7.36. The highest BCUT2D eigenvalue weighted by molar-refractivity contribution is 6.54. The molecular weight excluding hydrogens is 257 g/mol. The van der Waals surface area contributed by atoms with E-state index in [0.29, 0.717) is 6.61 Å². The fourth-order valence-electron chi connectivity index (χ4n) is 3.69. The van der Waals surface area contributed by atoms with E-state index in [2.05, 4.69) is 19.1 Å². The lowest BCUT2D eigenvalue weighted by molar-refractivity contribution is -0.816. The van der Waals surface area contributed by atoms with Gasteiger partial charge in [0.2, 0.25) is 0 Å². The zero-order valence-corrected chi connectivity index (χ0v) is 11.8. The first-order chi connectivity index (χ1) is 9.71. The summed E-state index contributed by atoms with van der Waals surface area (Å²) in [5.41, 5.74) is 1.23. The number of benzene rings is 1. The third kappa shape index (κ3) is 1.79. The number of nitrogens with zero attached hydrogens (tertiary/aromatic N) is 1. The molecular formula is C14H20BNO4. The van der Waals surface area contributed by atoms with Crippen LogP contribution in [0.1, 0.15) is 5.56 Å². The van der Waals surface area contributed by atoms with Gasteiger partial charge in [0.25, 0.3) is 0 Å². The first kappa shape index (κ1) is 12.6. The molecule has 1 unspecified atom stereocenters. The fraction of sp³-hybridized carbons (Fsp3) is 0.571. The number of ether oxygens (including phenoxy) is 1. The molecule has 0 amide bonds. The standard InChI is InChI=1S/C14H20BNO4/c1-12-2-4-13(5-3-12)17-11-14-10-16-6-8-18-15(16,20-14)19-9-7-16/h2-5,14H,6-11H2,1H3. The van der Waals surface area contributed by atoms with Crippen LogP contribution in [0.25, 0.3) is 0 Å². The number of aryl methyl sites for hydroxylation is 1. The summed E-state index contributed by atoms with van der Waals surface area (Å²) in [5.74, 6) is 0.887. The molecule has 5 nitrogen and oxygen atoms in total. The molecule has 0 radical (unpaired) electrons. The molecule has 6 heteroatoms. The van der Waals surface area contributed by atoms with Crippen LogP contribution in [0.3, 0.4) is 0 Å². The van der Waals surface area contributed by atoms with Crippen molar-refractivity contribution in [2.45, 2.75) is 13.0 Å². The summed E-state index contributed by atoms with van der Waals surface area (Å²) in [7, 11) is 0. The highest BCUT2D eigenvalue weighted by atomic mass is 16.8. The third-order valence-electron chi connectivity index (χ3n) is 4.79. The molecule has 1 atom stereocenters. The lowest BCUT2D eigenvalue weighted by Gasteiger charge is -2.37. The lowest BCUT2D eigenvalue weighted by atomic mass is 9.94. The van der Waals surface area contributed by atoms with Gasteiger partial charge in [-0.05, 0) is 19.1 Å². The summed E-state index contributed by atoms with van der Waals surface area (Å²) in [5, 5.41) is 0. The second-order valence-corrected chi connectivity index (χ2v) is 6.08. The van der Waals surface area contributed by atoms with Gasteiger partial charge in [-0.1, -0.05) is 17.7 Å². The van der Waals surface area contributed by atoms with Crippen LogP contribution >= 0.6 is 0 Å². The Morgan fingerprint density at radius 3 is 2.55 bits per heavy atom. The van der Waals surface area contributed by atoms with Crippen molar-refractivity contribution >= 4 is 6.89 Å². The molecule has 4 rings (SSSR count). The summed E-state index contributed by atoms with van der Waals surface area (Å²) < 4.78 is 24.4. The van der Waals surface area contributed by atoms with Crippen LogP contribution in [0.5, 0.6) is 5.75 Å². The summed E-state index contributed by atoms with van der Waals surface area (Å²) in [6.07, 6.45) is 0.0527. The number of quaternary nitrogens is 1. The monoisotopic (exact) mass is 277 g/mol. The Balaban J connectivity index is 1.41. The second kappa shape index (κ2) is 4.46. The van der Waals surface area contributed by atoms with E-state index >= 15 is 0 Å². The Kier molecular flexibility index (Phi) is 2.82. The molecule has 20 heavy (non-hydrogen) atoms. The van der Waals surface area contributed by atoms with Crippen LogP contribution < -0.4 is 4.74 Å². The molecule has 0 spiro atoms. The minimum absolute atomic E-state index is 0.0527. The van der Waals surface area contributed by atoms with E-state index in [-0.39, 0.29) is 6.10 Å². The van der Waals surface area contributed by atoms with Gasteiger partial charge in [0.1, 0.15) is 18.5 Å². The van der Waals surface area contributed by atoms with Crippen molar-refractivity contribution in [3.05, 3.63) is 29.8 Å². The van der Waals surface area contributed by atoms with Crippen LogP contribution in [-0.4, -0.2) is 56.8 Å². The van der Waals surface area contributed by atoms with Crippen LogP contribution in [0.4, 0.5) is 0 Å². The minimum Gasteiger partial charge on any atom is -0.491 e. The molecule has 3 saturated heterocycles. The maximum atomic E-state index is 6.10. The number of hydrogen-bond donors (Lipinski definition) is 0. The van der Waals surface area contributed by atoms with E-state index in [1.54, 1.807) is 0 Å². The van der Waals surface area contributed by atoms with Crippen molar-refractivity contribution in [2.75, 3.05) is 39.5 Å². The summed E-state index contributed by atoms with van der Waals surface area (Å²) in [6.45, 7) is 5.49. The topological polar surface area (TPSA) is 36.9 Å². The summed E-state index contributed by atoms with van der Waals surface area (Å²) in [6, 6.07) is 8.10. The van der Waals surface area contributed by atoms with Crippen molar-refractivity contribution in [1.82, 2.24) is 0 Å². The van der Waals surface area contributed by atoms with Crippen LogP contribution in [0.2, 0.25) is 0 Å². The molecule has 0 aromatic heterocycles. The van der Waals surface area contributed by atoms with Gasteiger partial charge in [-0.25, -0.2) is 0 Å². The summed E-state index contributed by atoms with van der Waals surface area (Å²) in [4.78, 5) is 0. The van der Waals surface area contributed by atoms with Gasteiger partial charge in [-0.3, -0.25) is 0 Å². The average Bonchev–Trinajstić information content (AvgIpc) is 2.99. The first-order valence-corrected chi connectivity index (χ1v) is 7.36. The van der Waals surface area contributed by atoms with Gasteiger partial charge < -0.3 is 23.1 Å². The predicted molar refractivity (Wildman–Crippen MR) is 74.1 cm³/mol. The van der Waals surface area contributed by atoms with E-state index in [0.717, 1.165) is 43.0 Å². The highest BCUT2D eigenvalue weighted by Crippen LogP contribution is 2.41. The van der Waals surface area contributed by atoms with Crippen molar-refractivity contribution in [3.8, 4) is 5.75 Å². The fourth-order valence-corrected chi connectivity index (χ4v) is 3.69. The normalized spacial score (nSPS) is 38.8. The Labute approximate surface area is 119 Å². The van der Waals surface area contributed by atoms with Crippen molar-refractivity contribution in [3.63, 3.8) is 0 Å². The predicted octanol–water partition coefficient (Wildman–Crippen LogP) is 1.09. The van der Waals surface area contributed by atoms with Gasteiger partial charge in [0.05, 0.1) is 32.8 Å². The molecule has 3 fully saturated rings. The molecule has 1 aromatic carbocycles. The van der Waals surface area contributed by atoms with E-state index in [4.69, 9.17) is 18.7 Å². The third-order valence-corrected chi connectivity index (χ3v) is 4.79. The van der Waals surface area contributed by atoms with Crippen LogP contribution in [0.15, 0.2) is 24.3 Å². The molecule has 1 aromatic rings. The summed E-state index contributed by atoms with van der Waals surface area (Å²) >= 11 is 0. The zero-order chi connectivity index (χ0) is 13.6. The number of rotatable bonds is 3. The minimum atomic E-state index is -1.55. The zero-order valence-electron chi connectivity index (χ0n) is 11.8. The quantitative estimate of drug-likeness (QED) is 0.775. The maximum absolute atomic E-state index is 6.10. The van der Waals surface area contributed by atoms with E-state index in [1.165, 1.54) is 5.56 Å². The lowest BCUT2D eigenvalue weighted by Crippen LogP contribution is -2.59.